The van der Waals surface area contributed by atoms with Gasteiger partial charge >= 0.3 is 6.09 Å². The van der Waals surface area contributed by atoms with E-state index in [9.17, 15) is 4.79 Å². The molecular weight excluding hydrogens is 466 g/mol. The van der Waals surface area contributed by atoms with Crippen LogP contribution in [-0.4, -0.2) is 44.1 Å². The van der Waals surface area contributed by atoms with Crippen LogP contribution in [0.4, 0.5) is 10.6 Å². The van der Waals surface area contributed by atoms with Crippen LogP contribution in [0.15, 0.2) is 67.0 Å². The number of amides is 1. The zero-order chi connectivity index (χ0) is 26.2. The first-order valence-corrected chi connectivity index (χ1v) is 12.8. The van der Waals surface area contributed by atoms with Gasteiger partial charge in [-0.15, -0.1) is 0 Å². The summed E-state index contributed by atoms with van der Waals surface area (Å²) in [5.74, 6) is 2.90. The van der Waals surface area contributed by atoms with Gasteiger partial charge in [0, 0.05) is 37.5 Å². The van der Waals surface area contributed by atoms with Crippen molar-refractivity contribution in [3.05, 3.63) is 78.4 Å². The van der Waals surface area contributed by atoms with E-state index in [-0.39, 0.29) is 0 Å². The van der Waals surface area contributed by atoms with Crippen molar-refractivity contribution in [1.29, 1.82) is 0 Å². The minimum atomic E-state index is -0.873. The number of nitrogens with zero attached hydrogens (tertiary/aromatic N) is 4. The van der Waals surface area contributed by atoms with Gasteiger partial charge in [0.2, 0.25) is 0 Å². The molecule has 0 spiro atoms. The van der Waals surface area contributed by atoms with Crippen LogP contribution >= 0.6 is 0 Å². The average Bonchev–Trinajstić information content (AvgIpc) is 3.34. The number of hydrogen-bond acceptors (Lipinski definition) is 5. The number of rotatable bonds is 6. The molecule has 1 saturated carbocycles. The molecule has 0 aliphatic heterocycles. The summed E-state index contributed by atoms with van der Waals surface area (Å²) in [6.45, 7) is 2.87. The first-order valence-electron chi connectivity index (χ1n) is 12.8. The predicted octanol–water partition coefficient (Wildman–Crippen LogP) is 6.22. The van der Waals surface area contributed by atoms with Crippen molar-refractivity contribution in [1.82, 2.24) is 19.3 Å². The quantitative estimate of drug-likeness (QED) is 0.325. The molecule has 2 aromatic heterocycles. The third-order valence-corrected chi connectivity index (χ3v) is 6.74. The standard InChI is InChI=1S/C25H26N4O.C4H9NO2/c26-24-23-22(28-25(29(23)15-14-27-24)19-10-5-2-6-11-19)20-12-7-13-21(16-20)30-17-18-8-3-1-4-9-18;1-3-5(2)4(6)7/h1,3-4,7-9,12-16,19H,2,5-6,10-11,17H2,(H2,26,27);3H2,1-2H3,(H,6,7). The number of anilines is 1. The largest absolute Gasteiger partial charge is 0.489 e. The Morgan fingerprint density at radius 2 is 1.89 bits per heavy atom. The van der Waals surface area contributed by atoms with Crippen molar-refractivity contribution < 1.29 is 14.6 Å². The Bertz CT molecular complexity index is 1320. The Labute approximate surface area is 217 Å². The molecule has 0 atom stereocenters. The zero-order valence-corrected chi connectivity index (χ0v) is 21.5. The Kier molecular flexibility index (Phi) is 8.61. The number of benzene rings is 2. The summed E-state index contributed by atoms with van der Waals surface area (Å²) < 4.78 is 8.18. The third kappa shape index (κ3) is 6.39. The molecule has 194 valence electrons. The van der Waals surface area contributed by atoms with Gasteiger partial charge < -0.3 is 20.5 Å². The van der Waals surface area contributed by atoms with Gasteiger partial charge in [-0.25, -0.2) is 14.8 Å². The summed E-state index contributed by atoms with van der Waals surface area (Å²) in [5.41, 5.74) is 10.2. The van der Waals surface area contributed by atoms with E-state index in [0.717, 1.165) is 33.9 Å². The fourth-order valence-electron chi connectivity index (χ4n) is 4.55. The zero-order valence-electron chi connectivity index (χ0n) is 21.5. The number of carbonyl (C=O) groups is 1. The maximum Gasteiger partial charge on any atom is 0.407 e. The lowest BCUT2D eigenvalue weighted by atomic mass is 9.89. The van der Waals surface area contributed by atoms with Gasteiger partial charge in [-0.05, 0) is 37.5 Å². The van der Waals surface area contributed by atoms with Gasteiger partial charge in [0.1, 0.15) is 35.2 Å². The highest BCUT2D eigenvalue weighted by Gasteiger charge is 2.24. The number of nitrogens with two attached hydrogens (primary N) is 1. The summed E-state index contributed by atoms with van der Waals surface area (Å²) in [6, 6.07) is 18.3. The van der Waals surface area contributed by atoms with Crippen LogP contribution in [-0.2, 0) is 6.61 Å². The molecule has 0 radical (unpaired) electrons. The van der Waals surface area contributed by atoms with E-state index in [1.165, 1.54) is 44.1 Å². The molecule has 0 unspecified atom stereocenters. The molecule has 4 aromatic rings. The Hall–Kier alpha value is -4.07. The lowest BCUT2D eigenvalue weighted by Gasteiger charge is -2.20. The molecule has 3 N–H and O–H groups in total. The second-order valence-electron chi connectivity index (χ2n) is 9.28. The van der Waals surface area contributed by atoms with Crippen molar-refractivity contribution >= 4 is 17.4 Å². The van der Waals surface area contributed by atoms with Gasteiger partial charge in [-0.2, -0.15) is 0 Å². The van der Waals surface area contributed by atoms with Gasteiger partial charge in [-0.1, -0.05) is 61.7 Å². The van der Waals surface area contributed by atoms with Crippen molar-refractivity contribution in [3.8, 4) is 17.0 Å². The second-order valence-corrected chi connectivity index (χ2v) is 9.28. The highest BCUT2D eigenvalue weighted by atomic mass is 16.5. The normalized spacial score (nSPS) is 13.6. The van der Waals surface area contributed by atoms with E-state index in [4.69, 9.17) is 20.6 Å². The lowest BCUT2D eigenvalue weighted by molar-refractivity contribution is 0.158. The first kappa shape index (κ1) is 26.0. The number of carboxylic acid groups (broad SMARTS) is 1. The molecule has 1 fully saturated rings. The first-order chi connectivity index (χ1) is 18.0. The fourth-order valence-corrected chi connectivity index (χ4v) is 4.55. The maximum atomic E-state index is 9.86. The summed E-state index contributed by atoms with van der Waals surface area (Å²) in [4.78, 5) is 20.5. The fraction of sp³-hybridized carbons (Fsp3) is 0.345. The van der Waals surface area contributed by atoms with Gasteiger partial charge in [-0.3, -0.25) is 4.40 Å². The van der Waals surface area contributed by atoms with Crippen molar-refractivity contribution in [2.45, 2.75) is 51.6 Å². The minimum absolute atomic E-state index is 0.472. The van der Waals surface area contributed by atoms with Crippen LogP contribution in [0.2, 0.25) is 0 Å². The average molecular weight is 502 g/mol. The van der Waals surface area contributed by atoms with Gasteiger partial charge in [0.15, 0.2) is 0 Å². The number of ether oxygens (including phenoxy) is 1. The molecule has 5 rings (SSSR count). The van der Waals surface area contributed by atoms with Gasteiger partial charge in [0.05, 0.1) is 0 Å². The molecule has 37 heavy (non-hydrogen) atoms. The molecule has 1 aliphatic carbocycles. The van der Waals surface area contributed by atoms with Crippen molar-refractivity contribution in [2.24, 2.45) is 0 Å². The Morgan fingerprint density at radius 3 is 2.57 bits per heavy atom. The topological polar surface area (TPSA) is 106 Å². The number of fused-ring (bicyclic) bond motifs is 1. The van der Waals surface area contributed by atoms with E-state index >= 15 is 0 Å². The molecule has 0 saturated heterocycles. The monoisotopic (exact) mass is 501 g/mol. The van der Waals surface area contributed by atoms with Crippen molar-refractivity contribution in [2.75, 3.05) is 19.3 Å². The molecule has 2 heterocycles. The lowest BCUT2D eigenvalue weighted by Crippen LogP contribution is -2.23. The molecular formula is C29H35N5O3. The van der Waals surface area contributed by atoms with Crippen molar-refractivity contribution in [3.63, 3.8) is 0 Å². The SMILES string of the molecule is CCN(C)C(=O)O.Nc1nccn2c(C3CCCCC3)nc(-c3cccc(OCc4ccccc4)c3)c12. The summed E-state index contributed by atoms with van der Waals surface area (Å²) >= 11 is 0. The van der Waals surface area contributed by atoms with E-state index in [2.05, 4.69) is 27.6 Å². The summed E-state index contributed by atoms with van der Waals surface area (Å²) in [7, 11) is 1.53. The molecule has 8 heteroatoms. The van der Waals surface area contributed by atoms with Crippen LogP contribution < -0.4 is 10.5 Å². The summed E-state index contributed by atoms with van der Waals surface area (Å²) in [5, 5.41) is 8.11. The number of imidazole rings is 1. The highest BCUT2D eigenvalue weighted by molar-refractivity contribution is 5.85. The molecule has 8 nitrogen and oxygen atoms in total. The van der Waals surface area contributed by atoms with Crippen LogP contribution in [0.25, 0.3) is 16.8 Å². The Balaban J connectivity index is 0.000000405. The van der Waals surface area contributed by atoms with E-state index in [1.807, 2.05) is 42.6 Å². The molecule has 0 bridgehead atoms. The van der Waals surface area contributed by atoms with Crippen LogP contribution in [0.3, 0.4) is 0 Å². The summed E-state index contributed by atoms with van der Waals surface area (Å²) in [6.07, 6.45) is 9.08. The second kappa shape index (κ2) is 12.3. The van der Waals surface area contributed by atoms with E-state index in [0.29, 0.717) is 24.9 Å². The van der Waals surface area contributed by atoms with Crippen LogP contribution in [0, 0.1) is 0 Å². The maximum absolute atomic E-state index is 9.86. The molecule has 1 aliphatic rings. The minimum Gasteiger partial charge on any atom is -0.489 e. The van der Waals surface area contributed by atoms with Crippen LogP contribution in [0.1, 0.15) is 56.3 Å². The third-order valence-electron chi connectivity index (χ3n) is 6.74. The molecule has 2 aromatic carbocycles. The number of nitrogen functional groups attached to an aromatic ring is 1. The van der Waals surface area contributed by atoms with E-state index in [1.54, 1.807) is 13.1 Å². The van der Waals surface area contributed by atoms with Gasteiger partial charge in [0.25, 0.3) is 0 Å². The number of hydrogen-bond donors (Lipinski definition) is 2. The highest BCUT2D eigenvalue weighted by Crippen LogP contribution is 2.37. The smallest absolute Gasteiger partial charge is 0.407 e. The van der Waals surface area contributed by atoms with Crippen LogP contribution in [0.5, 0.6) is 5.75 Å². The Morgan fingerprint density at radius 1 is 1.14 bits per heavy atom. The van der Waals surface area contributed by atoms with E-state index < -0.39 is 6.09 Å². The number of aromatic nitrogens is 3. The molecule has 1 amide bonds. The predicted molar refractivity (Wildman–Crippen MR) is 146 cm³/mol.